The van der Waals surface area contributed by atoms with Crippen LogP contribution in [0.25, 0.3) is 21.4 Å². The number of halogens is 2. The highest BCUT2D eigenvalue weighted by Gasteiger charge is 2.23. The number of rotatable bonds is 4. The summed E-state index contributed by atoms with van der Waals surface area (Å²) in [4.78, 5) is 25.8. The van der Waals surface area contributed by atoms with Crippen LogP contribution in [0.15, 0.2) is 63.5 Å². The van der Waals surface area contributed by atoms with Gasteiger partial charge in [0, 0.05) is 21.0 Å². The number of carbonyl (C=O) groups is 2. The number of carbonyl (C=O) groups excluding carboxylic acids is 2. The first-order valence-corrected chi connectivity index (χ1v) is 12.9. The second-order valence-corrected chi connectivity index (χ2v) is 11.4. The van der Waals surface area contributed by atoms with Crippen molar-refractivity contribution in [3.63, 3.8) is 0 Å². The van der Waals surface area contributed by atoms with Crippen LogP contribution < -0.4 is 16.0 Å². The second-order valence-electron chi connectivity index (χ2n) is 8.71. The van der Waals surface area contributed by atoms with Gasteiger partial charge in [0.05, 0.1) is 15.4 Å². The van der Waals surface area contributed by atoms with E-state index in [0.717, 1.165) is 20.1 Å². The number of furan rings is 1. The fourth-order valence-electron chi connectivity index (χ4n) is 3.28. The number of hydrogen-bond acceptors (Lipinski definition) is 5. The summed E-state index contributed by atoms with van der Waals surface area (Å²) in [5.41, 5.74) is 1.08. The molecule has 10 heteroatoms. The summed E-state index contributed by atoms with van der Waals surface area (Å²) in [6, 6.07) is 16.3. The van der Waals surface area contributed by atoms with Gasteiger partial charge < -0.3 is 15.1 Å². The highest BCUT2D eigenvalue weighted by atomic mass is 79.9. The Morgan fingerprint density at radius 3 is 2.43 bits per heavy atom. The fraction of sp³-hybridized carbons (Fsp3) is 0.160. The Hall–Kier alpha value is -2.72. The van der Waals surface area contributed by atoms with Crippen LogP contribution in [0.3, 0.4) is 0 Å². The first kappa shape index (κ1) is 25.4. The van der Waals surface area contributed by atoms with Crippen LogP contribution in [0.5, 0.6) is 0 Å². The smallest absolute Gasteiger partial charge is 0.293 e. The van der Waals surface area contributed by atoms with Crippen molar-refractivity contribution in [2.45, 2.75) is 26.3 Å². The van der Waals surface area contributed by atoms with Gasteiger partial charge in [-0.25, -0.2) is 0 Å². The first-order valence-electron chi connectivity index (χ1n) is 10.5. The lowest BCUT2D eigenvalue weighted by molar-refractivity contribution is 0.0921. The number of thiocarbonyl (C=S) groups is 1. The predicted molar refractivity (Wildman–Crippen MR) is 150 cm³/mol. The van der Waals surface area contributed by atoms with E-state index < -0.39 is 11.4 Å². The number of amides is 2. The van der Waals surface area contributed by atoms with E-state index in [4.69, 9.17) is 28.2 Å². The lowest BCUT2D eigenvalue weighted by Crippen LogP contribution is -2.40. The molecule has 0 fully saturated rings. The maximum atomic E-state index is 12.7. The molecule has 35 heavy (non-hydrogen) atoms. The predicted octanol–water partition coefficient (Wildman–Crippen LogP) is 7.23. The molecule has 180 valence electrons. The first-order chi connectivity index (χ1) is 16.5. The van der Waals surface area contributed by atoms with Crippen LogP contribution in [0.4, 0.5) is 5.69 Å². The average Bonchev–Trinajstić information content (AvgIpc) is 3.39. The van der Waals surface area contributed by atoms with Crippen molar-refractivity contribution >= 4 is 83.8 Å². The zero-order chi connectivity index (χ0) is 25.3. The number of benzene rings is 2. The van der Waals surface area contributed by atoms with E-state index in [1.54, 1.807) is 24.3 Å². The van der Waals surface area contributed by atoms with Crippen molar-refractivity contribution in [1.82, 2.24) is 10.6 Å². The van der Waals surface area contributed by atoms with Gasteiger partial charge in [-0.1, -0.05) is 51.8 Å². The summed E-state index contributed by atoms with van der Waals surface area (Å²) >= 11 is 16.5. The Kier molecular flexibility index (Phi) is 7.32. The summed E-state index contributed by atoms with van der Waals surface area (Å²) in [6.45, 7) is 5.71. The van der Waals surface area contributed by atoms with Crippen LogP contribution in [0.1, 0.15) is 41.0 Å². The molecule has 2 heterocycles. The molecule has 4 rings (SSSR count). The third-order valence-corrected chi connectivity index (χ3v) is 7.26. The average molecular weight is 591 g/mol. The molecule has 0 atom stereocenters. The standard InChI is InChI=1S/C25H21BrClN3O3S2/c1-25(2,3)30-23(32)21-19(27)15-5-4-6-16(20(15)35-21)28-24(34)29-22(31)18-12-11-17(33-18)13-7-9-14(26)10-8-13/h4-12H,1-3H3,(H,30,32)(H2,28,29,31,34). The summed E-state index contributed by atoms with van der Waals surface area (Å²) in [5.74, 6) is -0.0245. The fourth-order valence-corrected chi connectivity index (χ4v) is 5.22. The van der Waals surface area contributed by atoms with E-state index >= 15 is 0 Å². The summed E-state index contributed by atoms with van der Waals surface area (Å²) < 4.78 is 7.41. The number of fused-ring (bicyclic) bond motifs is 1. The van der Waals surface area contributed by atoms with E-state index in [0.29, 0.717) is 21.3 Å². The van der Waals surface area contributed by atoms with Gasteiger partial charge in [-0.2, -0.15) is 0 Å². The van der Waals surface area contributed by atoms with Gasteiger partial charge in [0.15, 0.2) is 10.9 Å². The van der Waals surface area contributed by atoms with Gasteiger partial charge in [0.1, 0.15) is 10.6 Å². The zero-order valence-electron chi connectivity index (χ0n) is 19.0. The Balaban J connectivity index is 1.49. The summed E-state index contributed by atoms with van der Waals surface area (Å²) in [7, 11) is 0. The highest BCUT2D eigenvalue weighted by Crippen LogP contribution is 2.39. The lowest BCUT2D eigenvalue weighted by atomic mass is 10.1. The molecule has 0 saturated carbocycles. The van der Waals surface area contributed by atoms with E-state index in [2.05, 4.69) is 31.9 Å². The van der Waals surface area contributed by atoms with Gasteiger partial charge in [-0.3, -0.25) is 14.9 Å². The molecule has 0 saturated heterocycles. The molecule has 2 amide bonds. The molecule has 0 spiro atoms. The van der Waals surface area contributed by atoms with E-state index in [9.17, 15) is 9.59 Å². The SMILES string of the molecule is CC(C)(C)NC(=O)c1sc2c(NC(=S)NC(=O)c3ccc(-c4ccc(Br)cc4)o3)cccc2c1Cl. The number of anilines is 1. The van der Waals surface area contributed by atoms with Crippen molar-refractivity contribution in [3.05, 3.63) is 74.7 Å². The van der Waals surface area contributed by atoms with Crippen LogP contribution in [-0.4, -0.2) is 22.5 Å². The summed E-state index contributed by atoms with van der Waals surface area (Å²) in [6.07, 6.45) is 0. The Morgan fingerprint density at radius 2 is 1.74 bits per heavy atom. The molecule has 0 aliphatic carbocycles. The molecule has 3 N–H and O–H groups in total. The minimum absolute atomic E-state index is 0.0920. The highest BCUT2D eigenvalue weighted by molar-refractivity contribution is 9.10. The van der Waals surface area contributed by atoms with Crippen LogP contribution in [0.2, 0.25) is 5.02 Å². The third kappa shape index (κ3) is 5.92. The van der Waals surface area contributed by atoms with Crippen LogP contribution in [0, 0.1) is 0 Å². The quantitative estimate of drug-likeness (QED) is 0.218. The molecule has 0 unspecified atom stereocenters. The normalized spacial score (nSPS) is 11.3. The van der Waals surface area contributed by atoms with Gasteiger partial charge in [0.2, 0.25) is 0 Å². The van der Waals surface area contributed by atoms with Gasteiger partial charge >= 0.3 is 0 Å². The van der Waals surface area contributed by atoms with Gasteiger partial charge in [0.25, 0.3) is 11.8 Å². The number of nitrogens with one attached hydrogen (secondary N) is 3. The van der Waals surface area contributed by atoms with Gasteiger partial charge in [-0.05, 0) is 63.3 Å². The van der Waals surface area contributed by atoms with Crippen LogP contribution in [-0.2, 0) is 0 Å². The monoisotopic (exact) mass is 589 g/mol. The lowest BCUT2D eigenvalue weighted by Gasteiger charge is -2.19. The largest absolute Gasteiger partial charge is 0.451 e. The van der Waals surface area contributed by atoms with Crippen molar-refractivity contribution in [1.29, 1.82) is 0 Å². The van der Waals surface area contributed by atoms with Gasteiger partial charge in [-0.15, -0.1) is 11.3 Å². The Labute approximate surface area is 225 Å². The van der Waals surface area contributed by atoms with Crippen molar-refractivity contribution in [3.8, 4) is 11.3 Å². The third-order valence-electron chi connectivity index (χ3n) is 4.78. The molecule has 2 aromatic heterocycles. The van der Waals surface area contributed by atoms with E-state index in [1.807, 2.05) is 51.1 Å². The zero-order valence-corrected chi connectivity index (χ0v) is 23.0. The molecule has 0 aliphatic rings. The molecule has 0 aliphatic heterocycles. The number of hydrogen-bond donors (Lipinski definition) is 3. The maximum absolute atomic E-state index is 12.7. The summed E-state index contributed by atoms with van der Waals surface area (Å²) in [5, 5.41) is 9.78. The Bertz CT molecular complexity index is 1440. The topological polar surface area (TPSA) is 83.4 Å². The van der Waals surface area contributed by atoms with Crippen LogP contribution >= 0.6 is 51.1 Å². The second kappa shape index (κ2) is 10.1. The maximum Gasteiger partial charge on any atom is 0.293 e. The minimum atomic E-state index is -0.479. The van der Waals surface area contributed by atoms with E-state index in [-0.39, 0.29) is 16.8 Å². The van der Waals surface area contributed by atoms with Crippen molar-refractivity contribution in [2.75, 3.05) is 5.32 Å². The molecule has 0 bridgehead atoms. The Morgan fingerprint density at radius 1 is 1.03 bits per heavy atom. The van der Waals surface area contributed by atoms with E-state index in [1.165, 1.54) is 11.3 Å². The number of thiophene rings is 1. The molecule has 0 radical (unpaired) electrons. The molecule has 2 aromatic carbocycles. The molecule has 4 aromatic rings. The van der Waals surface area contributed by atoms with Crippen molar-refractivity contribution in [2.24, 2.45) is 0 Å². The molecular formula is C25H21BrClN3O3S2. The molecular weight excluding hydrogens is 570 g/mol. The van der Waals surface area contributed by atoms with Crippen molar-refractivity contribution < 1.29 is 14.0 Å². The minimum Gasteiger partial charge on any atom is -0.451 e. The molecule has 6 nitrogen and oxygen atoms in total.